The molecule has 9 rings (SSSR count). The molecule has 0 aliphatic heterocycles. The number of hydrogen-bond donors (Lipinski definition) is 0. The Labute approximate surface area is 289 Å². The molecule has 0 aliphatic carbocycles. The fourth-order valence-electron chi connectivity index (χ4n) is 6.91. The predicted molar refractivity (Wildman–Crippen MR) is 210 cm³/mol. The molecular formula is C45H30NOPS. The Morgan fingerprint density at radius 1 is 0.429 bits per heavy atom. The van der Waals surface area contributed by atoms with E-state index in [0.29, 0.717) is 0 Å². The van der Waals surface area contributed by atoms with Gasteiger partial charge >= 0.3 is 0 Å². The highest BCUT2D eigenvalue weighted by atomic mass is 32.1. The van der Waals surface area contributed by atoms with Crippen molar-refractivity contribution in [2.45, 2.75) is 0 Å². The van der Waals surface area contributed by atoms with Crippen LogP contribution in [0.1, 0.15) is 0 Å². The second-order valence-corrected chi connectivity index (χ2v) is 16.1. The van der Waals surface area contributed by atoms with Crippen LogP contribution in [0.15, 0.2) is 182 Å². The third-order valence-corrected chi connectivity index (χ3v) is 13.6. The van der Waals surface area contributed by atoms with E-state index < -0.39 is 7.14 Å². The van der Waals surface area contributed by atoms with Crippen molar-refractivity contribution in [3.63, 3.8) is 0 Å². The minimum Gasteiger partial charge on any atom is -0.309 e. The van der Waals surface area contributed by atoms with Crippen molar-refractivity contribution in [2.75, 3.05) is 0 Å². The third-order valence-electron chi connectivity index (χ3n) is 9.35. The second-order valence-electron chi connectivity index (χ2n) is 12.3. The Kier molecular flexibility index (Phi) is 7.31. The molecule has 0 aliphatic rings. The highest BCUT2D eigenvalue weighted by molar-refractivity contribution is 7.85. The fourth-order valence-corrected chi connectivity index (χ4v) is 10.8. The highest BCUT2D eigenvalue weighted by Gasteiger charge is 2.29. The van der Waals surface area contributed by atoms with E-state index in [-0.39, 0.29) is 0 Å². The first-order valence-corrected chi connectivity index (χ1v) is 18.9. The van der Waals surface area contributed by atoms with Crippen molar-refractivity contribution in [2.24, 2.45) is 0 Å². The lowest BCUT2D eigenvalue weighted by molar-refractivity contribution is 0.592. The van der Waals surface area contributed by atoms with E-state index in [1.165, 1.54) is 25.6 Å². The molecule has 0 saturated carbocycles. The van der Waals surface area contributed by atoms with Crippen LogP contribution in [0.3, 0.4) is 0 Å². The maximum Gasteiger partial charge on any atom is 0.171 e. The maximum atomic E-state index is 14.9. The van der Waals surface area contributed by atoms with Gasteiger partial charge in [-0.25, -0.2) is 4.98 Å². The van der Waals surface area contributed by atoms with Gasteiger partial charge in [0.1, 0.15) is 0 Å². The van der Waals surface area contributed by atoms with Gasteiger partial charge in [0.2, 0.25) is 0 Å². The topological polar surface area (TPSA) is 30.0 Å². The molecule has 49 heavy (non-hydrogen) atoms. The van der Waals surface area contributed by atoms with E-state index in [4.69, 9.17) is 4.98 Å². The lowest BCUT2D eigenvalue weighted by Gasteiger charge is -2.20. The van der Waals surface area contributed by atoms with Crippen molar-refractivity contribution in [1.82, 2.24) is 4.98 Å². The zero-order valence-corrected chi connectivity index (χ0v) is 28.2. The van der Waals surface area contributed by atoms with Gasteiger partial charge in [-0.2, -0.15) is 0 Å². The summed E-state index contributed by atoms with van der Waals surface area (Å²) in [6.07, 6.45) is 0. The van der Waals surface area contributed by atoms with Gasteiger partial charge in [-0.3, -0.25) is 0 Å². The number of aromatic nitrogens is 1. The van der Waals surface area contributed by atoms with Gasteiger partial charge in [0.25, 0.3) is 0 Å². The van der Waals surface area contributed by atoms with E-state index in [1.807, 2.05) is 84.1 Å². The molecular weight excluding hydrogens is 634 g/mol. The highest BCUT2D eigenvalue weighted by Crippen LogP contribution is 2.44. The SMILES string of the molecule is O=P(c1ccccc1)(c1ccccc1)c1ccc(-c2cccc(-c3ccc4nc(-c5ccccc5)c5c6ccccc6sc5c4c3)c2)cc1. The summed E-state index contributed by atoms with van der Waals surface area (Å²) in [5.41, 5.74) is 7.64. The van der Waals surface area contributed by atoms with E-state index in [0.717, 1.165) is 54.9 Å². The average molecular weight is 664 g/mol. The van der Waals surface area contributed by atoms with Crippen LogP contribution in [0.4, 0.5) is 0 Å². The monoisotopic (exact) mass is 663 g/mol. The number of thiophene rings is 1. The van der Waals surface area contributed by atoms with Crippen LogP contribution in [0.5, 0.6) is 0 Å². The van der Waals surface area contributed by atoms with E-state index in [1.54, 1.807) is 0 Å². The van der Waals surface area contributed by atoms with Crippen LogP contribution in [-0.4, -0.2) is 4.98 Å². The Morgan fingerprint density at radius 3 is 1.65 bits per heavy atom. The summed E-state index contributed by atoms with van der Waals surface area (Å²) in [5, 5.41) is 6.13. The molecule has 0 fully saturated rings. The molecule has 0 N–H and O–H groups in total. The summed E-state index contributed by atoms with van der Waals surface area (Å²) in [7, 11) is -3.03. The summed E-state index contributed by atoms with van der Waals surface area (Å²) < 4.78 is 17.4. The number of fused-ring (bicyclic) bond motifs is 5. The summed E-state index contributed by atoms with van der Waals surface area (Å²) in [6, 6.07) is 62.4. The van der Waals surface area contributed by atoms with Crippen LogP contribution < -0.4 is 15.9 Å². The molecule has 4 heteroatoms. The molecule has 2 heterocycles. The number of hydrogen-bond acceptors (Lipinski definition) is 3. The van der Waals surface area contributed by atoms with Crippen LogP contribution in [0.25, 0.3) is 64.6 Å². The Morgan fingerprint density at radius 2 is 0.959 bits per heavy atom. The molecule has 2 aromatic heterocycles. The van der Waals surface area contributed by atoms with Gasteiger partial charge in [-0.15, -0.1) is 11.3 Å². The number of nitrogens with zero attached hydrogens (tertiary/aromatic N) is 1. The van der Waals surface area contributed by atoms with Crippen LogP contribution in [-0.2, 0) is 4.57 Å². The van der Waals surface area contributed by atoms with Crippen LogP contribution in [0.2, 0.25) is 0 Å². The molecule has 0 radical (unpaired) electrons. The Bertz CT molecular complexity index is 2620. The normalized spacial score (nSPS) is 11.8. The zero-order chi connectivity index (χ0) is 32.8. The Balaban J connectivity index is 1.13. The molecule has 232 valence electrons. The minimum absolute atomic E-state index is 0.828. The first-order chi connectivity index (χ1) is 24.2. The molecule has 0 bridgehead atoms. The quantitative estimate of drug-likeness (QED) is 0.166. The molecule has 2 nitrogen and oxygen atoms in total. The lowest BCUT2D eigenvalue weighted by atomic mass is 9.97. The second kappa shape index (κ2) is 12.1. The third kappa shape index (κ3) is 5.11. The summed E-state index contributed by atoms with van der Waals surface area (Å²) in [5.74, 6) is 0. The molecule has 0 amide bonds. The molecule has 0 spiro atoms. The lowest BCUT2D eigenvalue weighted by Crippen LogP contribution is -2.24. The molecule has 9 aromatic rings. The predicted octanol–water partition coefficient (Wildman–Crippen LogP) is 11.2. The molecule has 0 unspecified atom stereocenters. The molecule has 0 saturated heterocycles. The molecule has 0 atom stereocenters. The summed E-state index contributed by atoms with van der Waals surface area (Å²) in [6.45, 7) is 0. The van der Waals surface area contributed by atoms with Crippen LogP contribution in [0, 0.1) is 0 Å². The van der Waals surface area contributed by atoms with Gasteiger partial charge in [0.05, 0.1) is 11.2 Å². The van der Waals surface area contributed by atoms with Gasteiger partial charge in [-0.1, -0.05) is 158 Å². The standard InChI is InChI=1S/C45H30NOPS/c47-48(36-17-6-2-7-18-36,37-19-8-3-9-20-37)38-26-23-31(24-27-38)33-15-12-16-34(29-33)35-25-28-41-40(30-35)45-43(39-21-10-11-22-42(39)49-45)44(46-41)32-13-4-1-5-14-32/h1-30H. The number of rotatable bonds is 6. The number of pyridine rings is 1. The van der Waals surface area contributed by atoms with Crippen molar-refractivity contribution >= 4 is 65.5 Å². The first kappa shape index (κ1) is 29.5. The largest absolute Gasteiger partial charge is 0.309 e. The molecule has 7 aromatic carbocycles. The smallest absolute Gasteiger partial charge is 0.171 e. The Hall–Kier alpha value is -5.60. The van der Waals surface area contributed by atoms with Gasteiger partial charge < -0.3 is 4.57 Å². The van der Waals surface area contributed by atoms with E-state index >= 15 is 0 Å². The van der Waals surface area contributed by atoms with Gasteiger partial charge in [0, 0.05) is 47.0 Å². The van der Waals surface area contributed by atoms with Crippen LogP contribution >= 0.6 is 18.5 Å². The minimum atomic E-state index is -3.03. The maximum absolute atomic E-state index is 14.9. The number of benzene rings is 7. The van der Waals surface area contributed by atoms with Gasteiger partial charge in [0.15, 0.2) is 7.14 Å². The summed E-state index contributed by atoms with van der Waals surface area (Å²) >= 11 is 1.84. The first-order valence-electron chi connectivity index (χ1n) is 16.4. The van der Waals surface area contributed by atoms with E-state index in [9.17, 15) is 4.57 Å². The average Bonchev–Trinajstić information content (AvgIpc) is 3.58. The zero-order valence-electron chi connectivity index (χ0n) is 26.5. The van der Waals surface area contributed by atoms with Gasteiger partial charge in [-0.05, 0) is 46.5 Å². The van der Waals surface area contributed by atoms with Crippen molar-refractivity contribution < 1.29 is 4.57 Å². The van der Waals surface area contributed by atoms with Crippen molar-refractivity contribution in [3.8, 4) is 33.5 Å². The van der Waals surface area contributed by atoms with Crippen molar-refractivity contribution in [1.29, 1.82) is 0 Å². The fraction of sp³-hybridized carbons (Fsp3) is 0. The summed E-state index contributed by atoms with van der Waals surface area (Å²) in [4.78, 5) is 5.25. The van der Waals surface area contributed by atoms with Crippen molar-refractivity contribution in [3.05, 3.63) is 182 Å². The van der Waals surface area contributed by atoms with E-state index in [2.05, 4.69) is 109 Å².